The molecule has 0 saturated carbocycles. The summed E-state index contributed by atoms with van der Waals surface area (Å²) in [5.41, 5.74) is 1.02. The Hall–Kier alpha value is -1.66. The Kier molecular flexibility index (Phi) is 5.46. The number of ether oxygens (including phenoxy) is 1. The molecule has 2 aliphatic heterocycles. The van der Waals surface area contributed by atoms with Crippen molar-refractivity contribution in [2.45, 2.75) is 25.3 Å². The van der Waals surface area contributed by atoms with Crippen LogP contribution in [0.2, 0.25) is 0 Å². The molecule has 0 aromatic carbocycles. The molecule has 5 nitrogen and oxygen atoms in total. The van der Waals surface area contributed by atoms with E-state index in [0.29, 0.717) is 32.8 Å². The first-order valence-electron chi connectivity index (χ1n) is 8.13. The normalized spacial score (nSPS) is 22.5. The van der Waals surface area contributed by atoms with Crippen molar-refractivity contribution >= 4 is 29.2 Å². The van der Waals surface area contributed by atoms with E-state index in [0.717, 1.165) is 24.8 Å². The summed E-state index contributed by atoms with van der Waals surface area (Å²) in [4.78, 5) is 28.9. The zero-order chi connectivity index (χ0) is 16.1. The minimum absolute atomic E-state index is 0.0671. The van der Waals surface area contributed by atoms with Crippen molar-refractivity contribution in [2.75, 3.05) is 32.8 Å². The molecule has 1 unspecified atom stereocenters. The van der Waals surface area contributed by atoms with E-state index >= 15 is 0 Å². The Balaban J connectivity index is 1.67. The molecule has 3 heterocycles. The lowest BCUT2D eigenvalue weighted by molar-refractivity contribution is -0.148. The molecule has 2 fully saturated rings. The minimum atomic E-state index is -0.318. The molecular formula is C17H22N2O3S. The van der Waals surface area contributed by atoms with Crippen LogP contribution in [-0.4, -0.2) is 60.5 Å². The second-order valence-electron chi connectivity index (χ2n) is 5.87. The first kappa shape index (κ1) is 16.2. The Bertz CT molecular complexity index is 564. The predicted octanol–water partition coefficient (Wildman–Crippen LogP) is 2.00. The van der Waals surface area contributed by atoms with Crippen molar-refractivity contribution < 1.29 is 14.3 Å². The van der Waals surface area contributed by atoms with E-state index in [2.05, 4.69) is 0 Å². The van der Waals surface area contributed by atoms with Gasteiger partial charge < -0.3 is 14.5 Å². The molecule has 1 aromatic rings. The van der Waals surface area contributed by atoms with Crippen LogP contribution in [0, 0.1) is 0 Å². The van der Waals surface area contributed by atoms with Gasteiger partial charge in [0.05, 0.1) is 13.2 Å². The molecule has 2 saturated heterocycles. The number of piperidine rings is 1. The van der Waals surface area contributed by atoms with Crippen molar-refractivity contribution in [1.29, 1.82) is 0 Å². The van der Waals surface area contributed by atoms with Gasteiger partial charge in [0, 0.05) is 25.7 Å². The SMILES string of the molecule is O=C(C1CCCCN1C(=O)/C=C/c1ccsc1)N1CCOCC1. The fourth-order valence-electron chi connectivity index (χ4n) is 3.08. The maximum atomic E-state index is 12.8. The van der Waals surface area contributed by atoms with Gasteiger partial charge in [0.15, 0.2) is 0 Å². The molecular weight excluding hydrogens is 312 g/mol. The standard InChI is InChI=1S/C17H22N2O3S/c20-16(5-4-14-6-12-23-13-14)19-7-2-1-3-15(19)17(21)18-8-10-22-11-9-18/h4-6,12-13,15H,1-3,7-11H2/b5-4+. The molecule has 0 N–H and O–H groups in total. The maximum Gasteiger partial charge on any atom is 0.247 e. The lowest BCUT2D eigenvalue weighted by Crippen LogP contribution is -2.54. The summed E-state index contributed by atoms with van der Waals surface area (Å²) in [5, 5.41) is 3.98. The van der Waals surface area contributed by atoms with E-state index in [4.69, 9.17) is 4.74 Å². The molecule has 0 aliphatic carbocycles. The van der Waals surface area contributed by atoms with Gasteiger partial charge in [-0.05, 0) is 47.7 Å². The Morgan fingerprint density at radius 2 is 2.04 bits per heavy atom. The molecule has 124 valence electrons. The van der Waals surface area contributed by atoms with Crippen LogP contribution in [-0.2, 0) is 14.3 Å². The lowest BCUT2D eigenvalue weighted by atomic mass is 10.0. The molecule has 0 radical (unpaired) electrons. The average Bonchev–Trinajstić information content (AvgIpc) is 3.13. The van der Waals surface area contributed by atoms with Gasteiger partial charge in [-0.3, -0.25) is 9.59 Å². The third-order valence-electron chi connectivity index (χ3n) is 4.36. The van der Waals surface area contributed by atoms with Crippen LogP contribution in [0.4, 0.5) is 0 Å². The van der Waals surface area contributed by atoms with Gasteiger partial charge in [0.2, 0.25) is 11.8 Å². The van der Waals surface area contributed by atoms with E-state index in [1.54, 1.807) is 22.3 Å². The quantitative estimate of drug-likeness (QED) is 0.795. The first-order valence-corrected chi connectivity index (χ1v) is 9.07. The number of rotatable bonds is 3. The average molecular weight is 334 g/mol. The zero-order valence-corrected chi connectivity index (χ0v) is 14.0. The van der Waals surface area contributed by atoms with Crippen LogP contribution in [0.5, 0.6) is 0 Å². The smallest absolute Gasteiger partial charge is 0.247 e. The highest BCUT2D eigenvalue weighted by Gasteiger charge is 2.34. The number of morpholine rings is 1. The van der Waals surface area contributed by atoms with Gasteiger partial charge in [0.1, 0.15) is 6.04 Å². The molecule has 23 heavy (non-hydrogen) atoms. The fourth-order valence-corrected chi connectivity index (χ4v) is 3.71. The number of hydrogen-bond acceptors (Lipinski definition) is 4. The number of nitrogens with zero attached hydrogens (tertiary/aromatic N) is 2. The summed E-state index contributed by atoms with van der Waals surface area (Å²) < 4.78 is 5.31. The first-order chi connectivity index (χ1) is 11.3. The van der Waals surface area contributed by atoms with E-state index in [1.165, 1.54) is 0 Å². The summed E-state index contributed by atoms with van der Waals surface area (Å²) in [5.74, 6) is 0.00722. The second-order valence-corrected chi connectivity index (χ2v) is 6.65. The number of likely N-dealkylation sites (tertiary alicyclic amines) is 1. The van der Waals surface area contributed by atoms with Crippen LogP contribution in [0.15, 0.2) is 22.9 Å². The largest absolute Gasteiger partial charge is 0.378 e. The fraction of sp³-hybridized carbons (Fsp3) is 0.529. The van der Waals surface area contributed by atoms with E-state index in [9.17, 15) is 9.59 Å². The van der Waals surface area contributed by atoms with E-state index in [-0.39, 0.29) is 17.9 Å². The number of carbonyl (C=O) groups is 2. The van der Waals surface area contributed by atoms with Crippen molar-refractivity contribution in [2.24, 2.45) is 0 Å². The maximum absolute atomic E-state index is 12.8. The van der Waals surface area contributed by atoms with Crippen LogP contribution in [0.1, 0.15) is 24.8 Å². The van der Waals surface area contributed by atoms with Crippen LogP contribution < -0.4 is 0 Å². The Labute approximate surface area is 140 Å². The third kappa shape index (κ3) is 4.00. The highest BCUT2D eigenvalue weighted by atomic mass is 32.1. The van der Waals surface area contributed by atoms with Crippen molar-refractivity contribution in [3.8, 4) is 0 Å². The molecule has 1 atom stereocenters. The predicted molar refractivity (Wildman–Crippen MR) is 90.1 cm³/mol. The minimum Gasteiger partial charge on any atom is -0.378 e. The van der Waals surface area contributed by atoms with Gasteiger partial charge >= 0.3 is 0 Å². The second kappa shape index (κ2) is 7.75. The molecule has 2 amide bonds. The van der Waals surface area contributed by atoms with Crippen molar-refractivity contribution in [1.82, 2.24) is 9.80 Å². The summed E-state index contributed by atoms with van der Waals surface area (Å²) in [6.07, 6.45) is 6.13. The summed E-state index contributed by atoms with van der Waals surface area (Å²) in [7, 11) is 0. The van der Waals surface area contributed by atoms with Gasteiger partial charge in [-0.25, -0.2) is 0 Å². The van der Waals surface area contributed by atoms with Crippen LogP contribution >= 0.6 is 11.3 Å². The highest BCUT2D eigenvalue weighted by molar-refractivity contribution is 7.08. The highest BCUT2D eigenvalue weighted by Crippen LogP contribution is 2.20. The number of thiophene rings is 1. The molecule has 6 heteroatoms. The van der Waals surface area contributed by atoms with Gasteiger partial charge in [-0.1, -0.05) is 0 Å². The summed E-state index contributed by atoms with van der Waals surface area (Å²) >= 11 is 1.60. The lowest BCUT2D eigenvalue weighted by Gasteiger charge is -2.38. The molecule has 1 aromatic heterocycles. The Morgan fingerprint density at radius 3 is 2.78 bits per heavy atom. The summed E-state index contributed by atoms with van der Waals surface area (Å²) in [6, 6.07) is 1.66. The number of amides is 2. The molecule has 2 aliphatic rings. The van der Waals surface area contributed by atoms with Crippen LogP contribution in [0.25, 0.3) is 6.08 Å². The zero-order valence-electron chi connectivity index (χ0n) is 13.1. The molecule has 0 bridgehead atoms. The third-order valence-corrected chi connectivity index (χ3v) is 5.06. The van der Waals surface area contributed by atoms with E-state index < -0.39 is 0 Å². The van der Waals surface area contributed by atoms with Crippen molar-refractivity contribution in [3.05, 3.63) is 28.5 Å². The topological polar surface area (TPSA) is 49.9 Å². The van der Waals surface area contributed by atoms with E-state index in [1.807, 2.05) is 27.8 Å². The Morgan fingerprint density at radius 1 is 1.22 bits per heavy atom. The molecule has 0 spiro atoms. The summed E-state index contributed by atoms with van der Waals surface area (Å²) in [6.45, 7) is 3.09. The van der Waals surface area contributed by atoms with Gasteiger partial charge in [-0.2, -0.15) is 11.3 Å². The van der Waals surface area contributed by atoms with Gasteiger partial charge in [-0.15, -0.1) is 0 Å². The van der Waals surface area contributed by atoms with Crippen molar-refractivity contribution in [3.63, 3.8) is 0 Å². The van der Waals surface area contributed by atoms with Gasteiger partial charge in [0.25, 0.3) is 0 Å². The monoisotopic (exact) mass is 334 g/mol. The number of carbonyl (C=O) groups excluding carboxylic acids is 2. The van der Waals surface area contributed by atoms with Crippen LogP contribution in [0.3, 0.4) is 0 Å². The number of hydrogen-bond donors (Lipinski definition) is 0. The molecule has 3 rings (SSSR count).